The first-order chi connectivity index (χ1) is 8.49. The topological polar surface area (TPSA) is 35.6 Å². The molecule has 0 amide bonds. The van der Waals surface area contributed by atoms with Crippen molar-refractivity contribution in [1.29, 1.82) is 0 Å². The summed E-state index contributed by atoms with van der Waals surface area (Å²) in [5.74, 6) is 0. The average Bonchev–Trinajstić information content (AvgIpc) is 2.80. The summed E-state index contributed by atoms with van der Waals surface area (Å²) in [6.07, 6.45) is 4.87. The van der Waals surface area contributed by atoms with Gasteiger partial charge in [-0.15, -0.1) is 11.6 Å². The molecule has 2 aromatic rings. The van der Waals surface area contributed by atoms with Crippen molar-refractivity contribution >= 4 is 11.6 Å². The van der Waals surface area contributed by atoms with Gasteiger partial charge in [0.1, 0.15) is 0 Å². The van der Waals surface area contributed by atoms with Gasteiger partial charge in [-0.25, -0.2) is 0 Å². The molecule has 0 radical (unpaired) electrons. The fourth-order valence-corrected chi connectivity index (χ4v) is 2.66. The van der Waals surface area contributed by atoms with Gasteiger partial charge in [0, 0.05) is 31.0 Å². The van der Waals surface area contributed by atoms with Crippen LogP contribution in [0.15, 0.2) is 12.4 Å². The molecule has 0 bridgehead atoms. The number of alkyl halides is 1. The number of nitrogens with zero attached hydrogens (tertiary/aromatic N) is 4. The van der Waals surface area contributed by atoms with E-state index in [-0.39, 0.29) is 5.38 Å². The largest absolute Gasteiger partial charge is 0.276 e. The molecule has 1 atom stereocenters. The molecule has 0 aliphatic carbocycles. The van der Waals surface area contributed by atoms with Gasteiger partial charge in [-0.3, -0.25) is 9.36 Å². The van der Waals surface area contributed by atoms with Crippen molar-refractivity contribution in [1.82, 2.24) is 19.6 Å². The van der Waals surface area contributed by atoms with Crippen LogP contribution in [0.25, 0.3) is 0 Å². The highest BCUT2D eigenvalue weighted by Crippen LogP contribution is 2.26. The van der Waals surface area contributed by atoms with Crippen molar-refractivity contribution in [2.24, 2.45) is 7.05 Å². The maximum atomic E-state index is 6.18. The second kappa shape index (κ2) is 5.14. The molecule has 0 aliphatic heterocycles. The molecular weight excluding hydrogens is 248 g/mol. The molecule has 2 aromatic heterocycles. The first kappa shape index (κ1) is 13.1. The maximum absolute atomic E-state index is 6.18. The van der Waals surface area contributed by atoms with Crippen LogP contribution in [0.2, 0.25) is 0 Å². The van der Waals surface area contributed by atoms with E-state index in [4.69, 9.17) is 11.6 Å². The normalized spacial score (nSPS) is 12.9. The molecule has 1 unspecified atom stereocenters. The van der Waals surface area contributed by atoms with Crippen molar-refractivity contribution in [3.8, 4) is 0 Å². The van der Waals surface area contributed by atoms with Crippen LogP contribution in [0.3, 0.4) is 0 Å². The molecule has 2 heterocycles. The number of rotatable bonds is 4. The van der Waals surface area contributed by atoms with E-state index in [1.165, 1.54) is 11.3 Å². The Hall–Kier alpha value is -1.29. The van der Waals surface area contributed by atoms with Crippen molar-refractivity contribution in [2.45, 2.75) is 39.1 Å². The van der Waals surface area contributed by atoms with Gasteiger partial charge in [-0.2, -0.15) is 10.2 Å². The Labute approximate surface area is 113 Å². The van der Waals surface area contributed by atoms with Crippen LogP contribution in [0, 0.1) is 13.8 Å². The van der Waals surface area contributed by atoms with Crippen LogP contribution in [-0.2, 0) is 20.0 Å². The molecule has 98 valence electrons. The van der Waals surface area contributed by atoms with Gasteiger partial charge in [-0.1, -0.05) is 0 Å². The lowest BCUT2D eigenvalue weighted by molar-refractivity contribution is 0.593. The number of aryl methyl sites for hydroxylation is 4. The van der Waals surface area contributed by atoms with E-state index in [0.29, 0.717) is 0 Å². The van der Waals surface area contributed by atoms with Gasteiger partial charge in [0.25, 0.3) is 0 Å². The van der Waals surface area contributed by atoms with E-state index < -0.39 is 0 Å². The standard InChI is InChI=1S/C13H19ClN4/c1-9(14)13-10(2)16-18(11(13)3)6-5-12-7-15-17(4)8-12/h7-9H,5-6H2,1-4H3. The van der Waals surface area contributed by atoms with Gasteiger partial charge in [0.05, 0.1) is 17.3 Å². The average molecular weight is 267 g/mol. The van der Waals surface area contributed by atoms with Crippen LogP contribution in [0.4, 0.5) is 0 Å². The summed E-state index contributed by atoms with van der Waals surface area (Å²) >= 11 is 6.18. The highest BCUT2D eigenvalue weighted by atomic mass is 35.5. The van der Waals surface area contributed by atoms with Crippen LogP contribution >= 0.6 is 11.6 Å². The van der Waals surface area contributed by atoms with E-state index in [0.717, 1.165) is 24.2 Å². The predicted octanol–water partition coefficient (Wildman–Crippen LogP) is 2.78. The number of halogens is 1. The lowest BCUT2D eigenvalue weighted by Gasteiger charge is -2.05. The Bertz CT molecular complexity index is 539. The summed E-state index contributed by atoms with van der Waals surface area (Å²) in [6.45, 7) is 6.95. The predicted molar refractivity (Wildman–Crippen MR) is 72.9 cm³/mol. The SMILES string of the molecule is Cc1nn(CCc2cnn(C)c2)c(C)c1C(C)Cl. The fourth-order valence-electron chi connectivity index (χ4n) is 2.34. The monoisotopic (exact) mass is 266 g/mol. The van der Waals surface area contributed by atoms with Gasteiger partial charge in [-0.05, 0) is 32.8 Å². The van der Waals surface area contributed by atoms with E-state index in [1.54, 1.807) is 0 Å². The third-order valence-electron chi connectivity index (χ3n) is 3.21. The fraction of sp³-hybridized carbons (Fsp3) is 0.538. The highest BCUT2D eigenvalue weighted by molar-refractivity contribution is 6.20. The van der Waals surface area contributed by atoms with Crippen molar-refractivity contribution in [3.63, 3.8) is 0 Å². The van der Waals surface area contributed by atoms with E-state index >= 15 is 0 Å². The first-order valence-electron chi connectivity index (χ1n) is 6.14. The zero-order valence-electron chi connectivity index (χ0n) is 11.3. The molecule has 2 rings (SSSR count). The highest BCUT2D eigenvalue weighted by Gasteiger charge is 2.15. The molecule has 0 fully saturated rings. The summed E-state index contributed by atoms with van der Waals surface area (Å²) in [6, 6.07) is 0. The smallest absolute Gasteiger partial charge is 0.0643 e. The third kappa shape index (κ3) is 2.58. The Morgan fingerprint density at radius 1 is 1.39 bits per heavy atom. The Balaban J connectivity index is 2.13. The summed E-state index contributed by atoms with van der Waals surface area (Å²) in [5.41, 5.74) is 4.58. The van der Waals surface area contributed by atoms with Crippen LogP contribution in [0.1, 0.15) is 34.8 Å². The van der Waals surface area contributed by atoms with E-state index in [1.807, 2.05) is 42.7 Å². The molecule has 4 nitrogen and oxygen atoms in total. The minimum Gasteiger partial charge on any atom is -0.276 e. The van der Waals surface area contributed by atoms with Crippen molar-refractivity contribution in [2.75, 3.05) is 0 Å². The molecule has 0 saturated carbocycles. The summed E-state index contributed by atoms with van der Waals surface area (Å²) < 4.78 is 3.86. The molecule has 0 N–H and O–H groups in total. The summed E-state index contributed by atoms with van der Waals surface area (Å²) in [4.78, 5) is 0. The molecular formula is C13H19ClN4. The second-order valence-corrected chi connectivity index (χ2v) is 5.35. The maximum Gasteiger partial charge on any atom is 0.0643 e. The summed E-state index contributed by atoms with van der Waals surface area (Å²) in [5, 5.41) is 8.74. The lowest BCUT2D eigenvalue weighted by Crippen LogP contribution is -2.05. The number of aromatic nitrogens is 4. The molecule has 18 heavy (non-hydrogen) atoms. The molecule has 0 saturated heterocycles. The third-order valence-corrected chi connectivity index (χ3v) is 3.42. The molecule has 0 spiro atoms. The van der Waals surface area contributed by atoms with Crippen molar-refractivity contribution in [3.05, 3.63) is 34.9 Å². The van der Waals surface area contributed by atoms with E-state index in [2.05, 4.69) is 17.1 Å². The Kier molecular flexibility index (Phi) is 3.76. The van der Waals surface area contributed by atoms with Gasteiger partial charge in [0.2, 0.25) is 0 Å². The van der Waals surface area contributed by atoms with Gasteiger partial charge in [0.15, 0.2) is 0 Å². The quantitative estimate of drug-likeness (QED) is 0.798. The minimum absolute atomic E-state index is 0.0112. The first-order valence-corrected chi connectivity index (χ1v) is 6.58. The summed E-state index contributed by atoms with van der Waals surface area (Å²) in [7, 11) is 1.93. The lowest BCUT2D eigenvalue weighted by atomic mass is 10.1. The van der Waals surface area contributed by atoms with E-state index in [9.17, 15) is 0 Å². The van der Waals surface area contributed by atoms with Crippen LogP contribution in [-0.4, -0.2) is 19.6 Å². The zero-order valence-corrected chi connectivity index (χ0v) is 12.1. The number of hydrogen-bond donors (Lipinski definition) is 0. The van der Waals surface area contributed by atoms with Crippen LogP contribution < -0.4 is 0 Å². The number of hydrogen-bond acceptors (Lipinski definition) is 2. The second-order valence-electron chi connectivity index (χ2n) is 4.70. The minimum atomic E-state index is 0.0112. The zero-order chi connectivity index (χ0) is 13.3. The van der Waals surface area contributed by atoms with Crippen molar-refractivity contribution < 1.29 is 0 Å². The molecule has 0 aliphatic rings. The Morgan fingerprint density at radius 3 is 2.61 bits per heavy atom. The van der Waals surface area contributed by atoms with Gasteiger partial charge < -0.3 is 0 Å². The molecule has 0 aromatic carbocycles. The van der Waals surface area contributed by atoms with Crippen LogP contribution in [0.5, 0.6) is 0 Å². The Morgan fingerprint density at radius 2 is 2.11 bits per heavy atom. The van der Waals surface area contributed by atoms with Gasteiger partial charge >= 0.3 is 0 Å². The molecule has 5 heteroatoms.